The van der Waals surface area contributed by atoms with E-state index in [1.807, 2.05) is 41.1 Å². The van der Waals surface area contributed by atoms with Crippen LogP contribution in [0.3, 0.4) is 0 Å². The Morgan fingerprint density at radius 3 is 2.65 bits per heavy atom. The summed E-state index contributed by atoms with van der Waals surface area (Å²) < 4.78 is 9.89. The number of fused-ring (bicyclic) bond motifs is 2. The molecule has 0 radical (unpaired) electrons. The zero-order valence-electron chi connectivity index (χ0n) is 11.4. The van der Waals surface area contributed by atoms with E-state index in [9.17, 15) is 4.79 Å². The average molecular weight is 499 g/mol. The van der Waals surface area contributed by atoms with Gasteiger partial charge in [0.15, 0.2) is 5.58 Å². The molecule has 3 heterocycles. The molecule has 0 spiro atoms. The number of pyridine rings is 1. The Kier molecular flexibility index (Phi) is 3.66. The summed E-state index contributed by atoms with van der Waals surface area (Å²) in [7, 11) is 0. The monoisotopic (exact) mass is 496 g/mol. The highest BCUT2D eigenvalue weighted by atomic mass is 79.9. The molecule has 0 fully saturated rings. The summed E-state index contributed by atoms with van der Waals surface area (Å²) in [5, 5.41) is 0.819. The Bertz CT molecular complexity index is 1130. The predicted octanol–water partition coefficient (Wildman–Crippen LogP) is 5.40. The molecule has 4 aromatic rings. The van der Waals surface area contributed by atoms with Crippen LogP contribution in [0.1, 0.15) is 0 Å². The lowest BCUT2D eigenvalue weighted by molar-refractivity contribution is 0.561. The van der Waals surface area contributed by atoms with Gasteiger partial charge in [-0.3, -0.25) is 0 Å². The SMILES string of the molecule is O=c1oc2c(Br)cc(Br)cc2cc1-c1cn2cc(Br)ccc2n1. The molecule has 0 amide bonds. The highest BCUT2D eigenvalue weighted by Gasteiger charge is 2.13. The van der Waals surface area contributed by atoms with Crippen LogP contribution in [-0.4, -0.2) is 9.38 Å². The van der Waals surface area contributed by atoms with Crippen LogP contribution in [0.5, 0.6) is 0 Å². The van der Waals surface area contributed by atoms with Crippen molar-refractivity contribution in [1.29, 1.82) is 0 Å². The third-order valence-corrected chi connectivity index (χ3v) is 4.96. The fraction of sp³-hybridized carbons (Fsp3) is 0. The molecular weight excluding hydrogens is 492 g/mol. The molecular formula is C16H7Br3N2O2. The first-order valence-corrected chi connectivity index (χ1v) is 8.97. The maximum Gasteiger partial charge on any atom is 0.345 e. The minimum Gasteiger partial charge on any atom is -0.421 e. The molecule has 4 rings (SSSR count). The van der Waals surface area contributed by atoms with Gasteiger partial charge in [-0.25, -0.2) is 9.78 Å². The first-order valence-electron chi connectivity index (χ1n) is 6.59. The molecule has 0 atom stereocenters. The van der Waals surface area contributed by atoms with Gasteiger partial charge >= 0.3 is 5.63 Å². The molecule has 3 aromatic heterocycles. The molecule has 23 heavy (non-hydrogen) atoms. The predicted molar refractivity (Wildman–Crippen MR) is 99.8 cm³/mol. The Balaban J connectivity index is 1.99. The topological polar surface area (TPSA) is 47.5 Å². The summed E-state index contributed by atoms with van der Waals surface area (Å²) in [5.74, 6) is 0. The van der Waals surface area contributed by atoms with Gasteiger partial charge in [0.25, 0.3) is 0 Å². The molecule has 0 bridgehead atoms. The summed E-state index contributed by atoms with van der Waals surface area (Å²) in [6.07, 6.45) is 3.70. The molecule has 7 heteroatoms. The number of imidazole rings is 1. The molecule has 0 aliphatic heterocycles. The van der Waals surface area contributed by atoms with Crippen LogP contribution in [0.2, 0.25) is 0 Å². The molecule has 0 saturated carbocycles. The van der Waals surface area contributed by atoms with E-state index >= 15 is 0 Å². The number of hydrogen-bond acceptors (Lipinski definition) is 3. The van der Waals surface area contributed by atoms with Crippen LogP contribution in [0.25, 0.3) is 27.9 Å². The van der Waals surface area contributed by atoms with Gasteiger partial charge in [0.1, 0.15) is 5.65 Å². The van der Waals surface area contributed by atoms with Gasteiger partial charge < -0.3 is 8.82 Å². The molecule has 0 aliphatic rings. The highest BCUT2D eigenvalue weighted by Crippen LogP contribution is 2.30. The molecule has 1 aromatic carbocycles. The van der Waals surface area contributed by atoms with E-state index in [-0.39, 0.29) is 0 Å². The second-order valence-electron chi connectivity index (χ2n) is 4.99. The summed E-state index contributed by atoms with van der Waals surface area (Å²) in [6, 6.07) is 9.33. The molecule has 4 nitrogen and oxygen atoms in total. The quantitative estimate of drug-likeness (QED) is 0.330. The zero-order chi connectivity index (χ0) is 16.1. The Hall–Kier alpha value is -1.44. The number of hydrogen-bond donors (Lipinski definition) is 0. The van der Waals surface area contributed by atoms with E-state index in [0.29, 0.717) is 16.8 Å². The van der Waals surface area contributed by atoms with Gasteiger partial charge in [0.2, 0.25) is 0 Å². The third kappa shape index (κ3) is 2.66. The summed E-state index contributed by atoms with van der Waals surface area (Å²) in [4.78, 5) is 16.9. The van der Waals surface area contributed by atoms with Crippen molar-refractivity contribution in [3.63, 3.8) is 0 Å². The first-order chi connectivity index (χ1) is 11.0. The highest BCUT2D eigenvalue weighted by molar-refractivity contribution is 9.11. The summed E-state index contributed by atoms with van der Waals surface area (Å²) in [5.41, 5.74) is 1.88. The minimum absolute atomic E-state index is 0.414. The van der Waals surface area contributed by atoms with Gasteiger partial charge in [-0.15, -0.1) is 0 Å². The van der Waals surface area contributed by atoms with Crippen molar-refractivity contribution in [3.05, 3.63) is 66.6 Å². The zero-order valence-corrected chi connectivity index (χ0v) is 16.1. The number of nitrogens with zero attached hydrogens (tertiary/aromatic N) is 2. The van der Waals surface area contributed by atoms with Crippen molar-refractivity contribution in [2.45, 2.75) is 0 Å². The number of rotatable bonds is 1. The van der Waals surface area contributed by atoms with Gasteiger partial charge in [-0.05, 0) is 62.2 Å². The Labute approximate surface area is 155 Å². The van der Waals surface area contributed by atoms with E-state index in [2.05, 4.69) is 52.8 Å². The van der Waals surface area contributed by atoms with Crippen molar-refractivity contribution in [2.75, 3.05) is 0 Å². The van der Waals surface area contributed by atoms with Crippen molar-refractivity contribution in [1.82, 2.24) is 9.38 Å². The van der Waals surface area contributed by atoms with Crippen LogP contribution >= 0.6 is 47.8 Å². The lowest BCUT2D eigenvalue weighted by Gasteiger charge is -2.02. The molecule has 0 N–H and O–H groups in total. The number of halogens is 3. The fourth-order valence-corrected chi connectivity index (χ4v) is 4.12. The van der Waals surface area contributed by atoms with Crippen LogP contribution < -0.4 is 5.63 Å². The van der Waals surface area contributed by atoms with Crippen LogP contribution in [0.4, 0.5) is 0 Å². The molecule has 0 saturated heterocycles. The lowest BCUT2D eigenvalue weighted by atomic mass is 10.1. The van der Waals surface area contributed by atoms with Crippen LogP contribution in [-0.2, 0) is 0 Å². The Morgan fingerprint density at radius 2 is 1.83 bits per heavy atom. The van der Waals surface area contributed by atoms with E-state index < -0.39 is 5.63 Å². The molecule has 0 unspecified atom stereocenters. The van der Waals surface area contributed by atoms with Crippen LogP contribution in [0.15, 0.2) is 65.4 Å². The second-order valence-corrected chi connectivity index (χ2v) is 7.68. The van der Waals surface area contributed by atoms with Gasteiger partial charge in [0, 0.05) is 26.7 Å². The van der Waals surface area contributed by atoms with E-state index in [1.54, 1.807) is 6.07 Å². The standard InChI is InChI=1S/C16H7Br3N2O2/c17-9-1-2-14-20-13(7-21(14)6-9)11-4-8-3-10(18)5-12(19)15(8)23-16(11)22/h1-7H. The first kappa shape index (κ1) is 15.1. The van der Waals surface area contributed by atoms with Crippen molar-refractivity contribution in [3.8, 4) is 11.3 Å². The van der Waals surface area contributed by atoms with Crippen molar-refractivity contribution in [2.24, 2.45) is 0 Å². The number of aromatic nitrogens is 2. The lowest BCUT2D eigenvalue weighted by Crippen LogP contribution is -2.03. The van der Waals surface area contributed by atoms with Gasteiger partial charge in [0.05, 0.1) is 15.7 Å². The van der Waals surface area contributed by atoms with E-state index in [1.165, 1.54) is 0 Å². The molecule has 0 aliphatic carbocycles. The summed E-state index contributed by atoms with van der Waals surface area (Å²) in [6.45, 7) is 0. The smallest absolute Gasteiger partial charge is 0.345 e. The number of benzene rings is 1. The van der Waals surface area contributed by atoms with E-state index in [0.717, 1.165) is 24.5 Å². The summed E-state index contributed by atoms with van der Waals surface area (Å²) >= 11 is 10.3. The van der Waals surface area contributed by atoms with Gasteiger partial charge in [-0.1, -0.05) is 15.9 Å². The van der Waals surface area contributed by atoms with Gasteiger partial charge in [-0.2, -0.15) is 0 Å². The third-order valence-electron chi connectivity index (χ3n) is 3.44. The van der Waals surface area contributed by atoms with Crippen molar-refractivity contribution < 1.29 is 4.42 Å². The molecule has 114 valence electrons. The normalized spacial score (nSPS) is 11.4. The van der Waals surface area contributed by atoms with Crippen molar-refractivity contribution >= 4 is 64.4 Å². The second kappa shape index (κ2) is 5.58. The van der Waals surface area contributed by atoms with Crippen LogP contribution in [0, 0.1) is 0 Å². The largest absolute Gasteiger partial charge is 0.421 e. The fourth-order valence-electron chi connectivity index (χ4n) is 2.43. The average Bonchev–Trinajstić information content (AvgIpc) is 2.90. The maximum atomic E-state index is 12.4. The Morgan fingerprint density at radius 1 is 1.00 bits per heavy atom. The maximum absolute atomic E-state index is 12.4. The minimum atomic E-state index is -0.414. The van der Waals surface area contributed by atoms with E-state index in [4.69, 9.17) is 4.42 Å².